The van der Waals surface area contributed by atoms with Crippen molar-refractivity contribution < 1.29 is 19.1 Å². The van der Waals surface area contributed by atoms with E-state index in [4.69, 9.17) is 9.47 Å². The van der Waals surface area contributed by atoms with Crippen LogP contribution in [0.1, 0.15) is 38.2 Å². The Labute approximate surface area is 132 Å². The minimum Gasteiger partial charge on any atom is -0.497 e. The van der Waals surface area contributed by atoms with Crippen molar-refractivity contribution in [1.82, 2.24) is 5.32 Å². The van der Waals surface area contributed by atoms with Gasteiger partial charge in [-0.3, -0.25) is 9.59 Å². The summed E-state index contributed by atoms with van der Waals surface area (Å²) in [5.41, 5.74) is 0.959. The van der Waals surface area contributed by atoms with Crippen LogP contribution in [0.4, 0.5) is 0 Å². The molecule has 0 spiro atoms. The van der Waals surface area contributed by atoms with Gasteiger partial charge < -0.3 is 14.8 Å². The van der Waals surface area contributed by atoms with E-state index in [2.05, 4.69) is 5.32 Å². The van der Waals surface area contributed by atoms with Gasteiger partial charge in [-0.1, -0.05) is 18.6 Å². The average Bonchev–Trinajstić information content (AvgIpc) is 2.51. The molecule has 1 rings (SSSR count). The predicted molar refractivity (Wildman–Crippen MR) is 84.8 cm³/mol. The largest absolute Gasteiger partial charge is 0.497 e. The molecule has 0 atom stereocenters. The van der Waals surface area contributed by atoms with Crippen molar-refractivity contribution in [2.45, 2.75) is 39.0 Å². The van der Waals surface area contributed by atoms with Gasteiger partial charge in [-0.25, -0.2) is 0 Å². The zero-order valence-electron chi connectivity index (χ0n) is 13.4. The number of hydrogen-bond donors (Lipinski definition) is 1. The van der Waals surface area contributed by atoms with E-state index in [1.165, 1.54) is 0 Å². The number of methoxy groups -OCH3 is 1. The molecule has 5 heteroatoms. The van der Waals surface area contributed by atoms with Gasteiger partial charge in [0.15, 0.2) is 0 Å². The summed E-state index contributed by atoms with van der Waals surface area (Å²) < 4.78 is 9.93. The smallest absolute Gasteiger partial charge is 0.305 e. The molecule has 0 saturated heterocycles. The third-order valence-corrected chi connectivity index (χ3v) is 3.21. The number of ether oxygens (including phenoxy) is 2. The van der Waals surface area contributed by atoms with E-state index in [1.54, 1.807) is 14.0 Å². The molecule has 0 fully saturated rings. The fraction of sp³-hybridized carbons (Fsp3) is 0.529. The van der Waals surface area contributed by atoms with Crippen molar-refractivity contribution in [2.75, 3.05) is 20.3 Å². The topological polar surface area (TPSA) is 64.6 Å². The van der Waals surface area contributed by atoms with E-state index < -0.39 is 0 Å². The molecule has 22 heavy (non-hydrogen) atoms. The molecule has 0 radical (unpaired) electrons. The molecule has 0 heterocycles. The summed E-state index contributed by atoms with van der Waals surface area (Å²) in [5, 5.41) is 2.89. The van der Waals surface area contributed by atoms with Gasteiger partial charge in [-0.15, -0.1) is 0 Å². The Morgan fingerprint density at radius 3 is 2.45 bits per heavy atom. The lowest BCUT2D eigenvalue weighted by Gasteiger charge is -2.06. The Hall–Kier alpha value is -2.04. The first-order valence-electron chi connectivity index (χ1n) is 7.71. The highest BCUT2D eigenvalue weighted by Gasteiger charge is 2.04. The van der Waals surface area contributed by atoms with Crippen LogP contribution < -0.4 is 10.1 Å². The van der Waals surface area contributed by atoms with Crippen molar-refractivity contribution in [2.24, 2.45) is 0 Å². The Bertz CT molecular complexity index is 456. The van der Waals surface area contributed by atoms with Gasteiger partial charge in [0.2, 0.25) is 5.91 Å². The maximum Gasteiger partial charge on any atom is 0.305 e. The number of benzene rings is 1. The highest BCUT2D eigenvalue weighted by molar-refractivity contribution is 5.78. The van der Waals surface area contributed by atoms with Crippen LogP contribution >= 0.6 is 0 Å². The fourth-order valence-corrected chi connectivity index (χ4v) is 2.02. The molecule has 0 aliphatic rings. The lowest BCUT2D eigenvalue weighted by atomic mass is 10.1. The van der Waals surface area contributed by atoms with Crippen molar-refractivity contribution in [1.29, 1.82) is 0 Å². The van der Waals surface area contributed by atoms with Crippen molar-refractivity contribution in [3.63, 3.8) is 0 Å². The quantitative estimate of drug-likeness (QED) is 0.533. The van der Waals surface area contributed by atoms with E-state index in [0.29, 0.717) is 26.0 Å². The number of nitrogens with one attached hydrogen (secondary N) is 1. The summed E-state index contributed by atoms with van der Waals surface area (Å²) in [6.45, 7) is 2.87. The normalized spacial score (nSPS) is 10.1. The summed E-state index contributed by atoms with van der Waals surface area (Å²) in [6.07, 6.45) is 3.39. The Balaban J connectivity index is 2.09. The van der Waals surface area contributed by atoms with Gasteiger partial charge >= 0.3 is 5.97 Å². The van der Waals surface area contributed by atoms with Gasteiger partial charge in [-0.2, -0.15) is 0 Å². The monoisotopic (exact) mass is 307 g/mol. The molecule has 0 aromatic heterocycles. The second-order valence-electron chi connectivity index (χ2n) is 4.99. The zero-order valence-corrected chi connectivity index (χ0v) is 13.4. The van der Waals surface area contributed by atoms with Gasteiger partial charge in [-0.05, 0) is 37.5 Å². The number of carbonyl (C=O) groups is 2. The van der Waals surface area contributed by atoms with E-state index in [0.717, 1.165) is 30.6 Å². The highest BCUT2D eigenvalue weighted by atomic mass is 16.5. The third kappa shape index (κ3) is 7.67. The molecule has 0 bridgehead atoms. The number of hydrogen-bond acceptors (Lipinski definition) is 4. The lowest BCUT2D eigenvalue weighted by Crippen LogP contribution is -2.26. The fourth-order valence-electron chi connectivity index (χ4n) is 2.02. The van der Waals surface area contributed by atoms with Crippen LogP contribution in [0.3, 0.4) is 0 Å². The van der Waals surface area contributed by atoms with Crippen LogP contribution in [0.5, 0.6) is 5.75 Å². The minimum absolute atomic E-state index is 0.00978. The first-order valence-corrected chi connectivity index (χ1v) is 7.71. The van der Waals surface area contributed by atoms with Crippen molar-refractivity contribution in [3.8, 4) is 5.75 Å². The Morgan fingerprint density at radius 1 is 1.09 bits per heavy atom. The maximum atomic E-state index is 11.8. The second-order valence-corrected chi connectivity index (χ2v) is 4.99. The standard InChI is InChI=1S/C17H25NO4/c1-3-22-17(20)7-5-4-6-12-18-16(19)13-14-8-10-15(21-2)11-9-14/h8-11H,3-7,12-13H2,1-2H3,(H,18,19). The molecular formula is C17H25NO4. The van der Waals surface area contributed by atoms with Gasteiger partial charge in [0.05, 0.1) is 20.1 Å². The predicted octanol–water partition coefficient (Wildman–Crippen LogP) is 2.48. The van der Waals surface area contributed by atoms with Crippen LogP contribution in [0, 0.1) is 0 Å². The van der Waals surface area contributed by atoms with Gasteiger partial charge in [0.25, 0.3) is 0 Å². The molecule has 0 saturated carbocycles. The number of amides is 1. The lowest BCUT2D eigenvalue weighted by molar-refractivity contribution is -0.143. The Kier molecular flexibility index (Phi) is 8.72. The molecule has 0 unspecified atom stereocenters. The maximum absolute atomic E-state index is 11.8. The zero-order chi connectivity index (χ0) is 16.2. The summed E-state index contributed by atoms with van der Waals surface area (Å²) >= 11 is 0. The van der Waals surface area contributed by atoms with E-state index in [1.807, 2.05) is 24.3 Å². The molecule has 1 aromatic rings. The van der Waals surface area contributed by atoms with Crippen LogP contribution in [0.15, 0.2) is 24.3 Å². The number of esters is 1. The van der Waals surface area contributed by atoms with E-state index >= 15 is 0 Å². The summed E-state index contributed by atoms with van der Waals surface area (Å²) in [7, 11) is 1.61. The van der Waals surface area contributed by atoms with E-state index in [9.17, 15) is 9.59 Å². The molecule has 0 aliphatic carbocycles. The Morgan fingerprint density at radius 2 is 1.82 bits per heavy atom. The molecule has 1 aromatic carbocycles. The molecule has 0 aliphatic heterocycles. The van der Waals surface area contributed by atoms with Crippen LogP contribution in [-0.4, -0.2) is 32.1 Å². The highest BCUT2D eigenvalue weighted by Crippen LogP contribution is 2.11. The number of rotatable bonds is 10. The molecular weight excluding hydrogens is 282 g/mol. The number of carbonyl (C=O) groups excluding carboxylic acids is 2. The molecule has 1 amide bonds. The summed E-state index contributed by atoms with van der Waals surface area (Å²) in [6, 6.07) is 7.46. The van der Waals surface area contributed by atoms with Crippen LogP contribution in [0.2, 0.25) is 0 Å². The van der Waals surface area contributed by atoms with Crippen molar-refractivity contribution >= 4 is 11.9 Å². The minimum atomic E-state index is -0.147. The summed E-state index contributed by atoms with van der Waals surface area (Å²) in [4.78, 5) is 22.9. The SMILES string of the molecule is CCOC(=O)CCCCCNC(=O)Cc1ccc(OC)cc1. The van der Waals surface area contributed by atoms with Crippen LogP contribution in [0.25, 0.3) is 0 Å². The van der Waals surface area contributed by atoms with Crippen LogP contribution in [-0.2, 0) is 20.7 Å². The van der Waals surface area contributed by atoms with E-state index in [-0.39, 0.29) is 11.9 Å². The van der Waals surface area contributed by atoms with Crippen molar-refractivity contribution in [3.05, 3.63) is 29.8 Å². The molecule has 122 valence electrons. The first-order chi connectivity index (χ1) is 10.7. The molecule has 1 N–H and O–H groups in total. The molecule has 5 nitrogen and oxygen atoms in total. The van der Waals surface area contributed by atoms with Gasteiger partial charge in [0.1, 0.15) is 5.75 Å². The second kappa shape index (κ2) is 10.7. The summed E-state index contributed by atoms with van der Waals surface area (Å²) in [5.74, 6) is 0.646. The third-order valence-electron chi connectivity index (χ3n) is 3.21. The van der Waals surface area contributed by atoms with Gasteiger partial charge in [0, 0.05) is 13.0 Å². The number of unbranched alkanes of at least 4 members (excludes halogenated alkanes) is 2. The average molecular weight is 307 g/mol. The first kappa shape index (κ1) is 18.0.